The molecule has 0 saturated carbocycles. The van der Waals surface area contributed by atoms with E-state index in [0.29, 0.717) is 11.6 Å². The van der Waals surface area contributed by atoms with E-state index in [2.05, 4.69) is 20.6 Å². The fourth-order valence-corrected chi connectivity index (χ4v) is 1.99. The Balaban J connectivity index is 1.85. The van der Waals surface area contributed by atoms with E-state index in [1.54, 1.807) is 12.1 Å². The Labute approximate surface area is 104 Å². The SMILES string of the molecule is Fc1cccc(Nc2ncc3c(n2)CNCC3)c1. The van der Waals surface area contributed by atoms with Gasteiger partial charge in [0.1, 0.15) is 5.82 Å². The largest absolute Gasteiger partial charge is 0.324 e. The van der Waals surface area contributed by atoms with Crippen LogP contribution in [-0.2, 0) is 13.0 Å². The summed E-state index contributed by atoms with van der Waals surface area (Å²) in [4.78, 5) is 8.68. The van der Waals surface area contributed by atoms with Crippen LogP contribution in [0.3, 0.4) is 0 Å². The molecule has 18 heavy (non-hydrogen) atoms. The third kappa shape index (κ3) is 2.31. The first kappa shape index (κ1) is 11.1. The van der Waals surface area contributed by atoms with Crippen molar-refractivity contribution in [1.29, 1.82) is 0 Å². The van der Waals surface area contributed by atoms with Gasteiger partial charge in [0.2, 0.25) is 5.95 Å². The molecule has 1 aromatic carbocycles. The first-order valence-corrected chi connectivity index (χ1v) is 5.89. The van der Waals surface area contributed by atoms with E-state index in [1.165, 1.54) is 17.7 Å². The summed E-state index contributed by atoms with van der Waals surface area (Å²) in [6, 6.07) is 6.26. The second kappa shape index (κ2) is 4.70. The van der Waals surface area contributed by atoms with Crippen LogP contribution in [0, 0.1) is 5.82 Å². The van der Waals surface area contributed by atoms with Gasteiger partial charge in [0.25, 0.3) is 0 Å². The molecule has 1 aliphatic heterocycles. The number of rotatable bonds is 2. The van der Waals surface area contributed by atoms with Crippen LogP contribution in [0.2, 0.25) is 0 Å². The van der Waals surface area contributed by atoms with Crippen LogP contribution in [0.15, 0.2) is 30.5 Å². The summed E-state index contributed by atoms with van der Waals surface area (Å²) in [5, 5.41) is 6.27. The van der Waals surface area contributed by atoms with Crippen molar-refractivity contribution < 1.29 is 4.39 Å². The predicted molar refractivity (Wildman–Crippen MR) is 67.1 cm³/mol. The summed E-state index contributed by atoms with van der Waals surface area (Å²) in [5.74, 6) is 0.225. The molecule has 1 aromatic heterocycles. The lowest BCUT2D eigenvalue weighted by atomic mass is 10.1. The summed E-state index contributed by atoms with van der Waals surface area (Å²) in [5.41, 5.74) is 2.84. The van der Waals surface area contributed by atoms with Crippen LogP contribution >= 0.6 is 0 Å². The molecule has 92 valence electrons. The van der Waals surface area contributed by atoms with E-state index >= 15 is 0 Å². The van der Waals surface area contributed by atoms with Crippen LogP contribution in [0.25, 0.3) is 0 Å². The van der Waals surface area contributed by atoms with Crippen molar-refractivity contribution in [2.75, 3.05) is 11.9 Å². The molecule has 3 rings (SSSR count). The number of nitrogens with zero attached hydrogens (tertiary/aromatic N) is 2. The molecule has 2 aromatic rings. The molecule has 0 aliphatic carbocycles. The number of benzene rings is 1. The highest BCUT2D eigenvalue weighted by atomic mass is 19.1. The van der Waals surface area contributed by atoms with Gasteiger partial charge in [-0.05, 0) is 36.7 Å². The smallest absolute Gasteiger partial charge is 0.227 e. The van der Waals surface area contributed by atoms with E-state index in [-0.39, 0.29) is 5.82 Å². The van der Waals surface area contributed by atoms with Gasteiger partial charge in [-0.2, -0.15) is 0 Å². The lowest BCUT2D eigenvalue weighted by Gasteiger charge is -2.16. The lowest BCUT2D eigenvalue weighted by Crippen LogP contribution is -2.25. The molecular weight excluding hydrogens is 231 g/mol. The van der Waals surface area contributed by atoms with Gasteiger partial charge in [0.15, 0.2) is 0 Å². The first-order valence-electron chi connectivity index (χ1n) is 5.89. The summed E-state index contributed by atoms with van der Waals surface area (Å²) < 4.78 is 13.1. The molecule has 0 bridgehead atoms. The topological polar surface area (TPSA) is 49.8 Å². The zero-order valence-corrected chi connectivity index (χ0v) is 9.78. The highest BCUT2D eigenvalue weighted by Crippen LogP contribution is 2.16. The van der Waals surface area contributed by atoms with Gasteiger partial charge < -0.3 is 10.6 Å². The third-order valence-corrected chi connectivity index (χ3v) is 2.90. The van der Waals surface area contributed by atoms with E-state index in [4.69, 9.17) is 0 Å². The average molecular weight is 244 g/mol. The minimum Gasteiger partial charge on any atom is -0.324 e. The van der Waals surface area contributed by atoms with Crippen LogP contribution in [0.1, 0.15) is 11.3 Å². The first-order chi connectivity index (χ1) is 8.81. The summed E-state index contributed by atoms with van der Waals surface area (Å²) in [6.45, 7) is 1.72. The molecule has 2 heterocycles. The number of aromatic nitrogens is 2. The molecule has 0 unspecified atom stereocenters. The second-order valence-electron chi connectivity index (χ2n) is 4.23. The molecule has 1 aliphatic rings. The monoisotopic (exact) mass is 244 g/mol. The van der Waals surface area contributed by atoms with Crippen LogP contribution in [-0.4, -0.2) is 16.5 Å². The maximum Gasteiger partial charge on any atom is 0.227 e. The Morgan fingerprint density at radius 3 is 3.17 bits per heavy atom. The Hall–Kier alpha value is -2.01. The molecule has 0 spiro atoms. The highest BCUT2D eigenvalue weighted by molar-refractivity contribution is 5.53. The van der Waals surface area contributed by atoms with E-state index < -0.39 is 0 Å². The molecule has 4 nitrogen and oxygen atoms in total. The summed E-state index contributed by atoms with van der Waals surface area (Å²) in [6.07, 6.45) is 2.79. The highest BCUT2D eigenvalue weighted by Gasteiger charge is 2.11. The van der Waals surface area contributed by atoms with Crippen LogP contribution in [0.5, 0.6) is 0 Å². The predicted octanol–water partition coefficient (Wildman–Crippen LogP) is 2.00. The zero-order chi connectivity index (χ0) is 12.4. The maximum absolute atomic E-state index is 13.1. The molecule has 0 fully saturated rings. The molecule has 0 saturated heterocycles. The minimum absolute atomic E-state index is 0.278. The summed E-state index contributed by atoms with van der Waals surface area (Å²) >= 11 is 0. The van der Waals surface area contributed by atoms with Crippen molar-refractivity contribution in [3.05, 3.63) is 47.5 Å². The van der Waals surface area contributed by atoms with Gasteiger partial charge in [-0.15, -0.1) is 0 Å². The van der Waals surface area contributed by atoms with Gasteiger partial charge in [0.05, 0.1) is 5.69 Å². The summed E-state index contributed by atoms with van der Waals surface area (Å²) in [7, 11) is 0. The molecule has 0 atom stereocenters. The molecule has 0 radical (unpaired) electrons. The van der Waals surface area contributed by atoms with Gasteiger partial charge in [-0.3, -0.25) is 0 Å². The fraction of sp³-hybridized carbons (Fsp3) is 0.231. The number of hydrogen-bond donors (Lipinski definition) is 2. The Morgan fingerprint density at radius 1 is 1.33 bits per heavy atom. The average Bonchev–Trinajstić information content (AvgIpc) is 2.39. The molecular formula is C13H13FN4. The number of halogens is 1. The van der Waals surface area contributed by atoms with Crippen molar-refractivity contribution in [2.24, 2.45) is 0 Å². The second-order valence-corrected chi connectivity index (χ2v) is 4.23. The van der Waals surface area contributed by atoms with E-state index in [0.717, 1.165) is 25.2 Å². The third-order valence-electron chi connectivity index (χ3n) is 2.90. The standard InChI is InChI=1S/C13H13FN4/c14-10-2-1-3-11(6-10)17-13-16-7-9-4-5-15-8-12(9)18-13/h1-3,6-7,15H,4-5,8H2,(H,16,17,18). The van der Waals surface area contributed by atoms with Crippen molar-refractivity contribution in [3.8, 4) is 0 Å². The van der Waals surface area contributed by atoms with E-state index in [1.807, 2.05) is 6.20 Å². The molecule has 2 N–H and O–H groups in total. The number of fused-ring (bicyclic) bond motifs is 1. The van der Waals surface area contributed by atoms with Gasteiger partial charge in [-0.1, -0.05) is 6.07 Å². The van der Waals surface area contributed by atoms with Gasteiger partial charge >= 0.3 is 0 Å². The fourth-order valence-electron chi connectivity index (χ4n) is 1.99. The Morgan fingerprint density at radius 2 is 2.28 bits per heavy atom. The normalized spacial score (nSPS) is 14.1. The Bertz CT molecular complexity index is 571. The van der Waals surface area contributed by atoms with Crippen molar-refractivity contribution in [1.82, 2.24) is 15.3 Å². The van der Waals surface area contributed by atoms with Crippen molar-refractivity contribution in [3.63, 3.8) is 0 Å². The molecule has 5 heteroatoms. The van der Waals surface area contributed by atoms with E-state index in [9.17, 15) is 4.39 Å². The van der Waals surface area contributed by atoms with Gasteiger partial charge in [-0.25, -0.2) is 14.4 Å². The minimum atomic E-state index is -0.278. The quantitative estimate of drug-likeness (QED) is 0.848. The van der Waals surface area contributed by atoms with Gasteiger partial charge in [0, 0.05) is 18.4 Å². The van der Waals surface area contributed by atoms with Crippen molar-refractivity contribution >= 4 is 11.6 Å². The number of anilines is 2. The maximum atomic E-state index is 13.1. The van der Waals surface area contributed by atoms with Crippen LogP contribution in [0.4, 0.5) is 16.0 Å². The molecule has 0 amide bonds. The van der Waals surface area contributed by atoms with Crippen LogP contribution < -0.4 is 10.6 Å². The number of hydrogen-bond acceptors (Lipinski definition) is 4. The Kier molecular flexibility index (Phi) is 2.90. The lowest BCUT2D eigenvalue weighted by molar-refractivity contribution is 0.624. The van der Waals surface area contributed by atoms with Crippen molar-refractivity contribution in [2.45, 2.75) is 13.0 Å². The number of nitrogens with one attached hydrogen (secondary N) is 2. The zero-order valence-electron chi connectivity index (χ0n) is 9.78.